The quantitative estimate of drug-likeness (QED) is 0.346. The van der Waals surface area contributed by atoms with Crippen LogP contribution in [0.1, 0.15) is 51.5 Å². The fourth-order valence-electron chi connectivity index (χ4n) is 3.61. The number of carbonyl (C=O) groups is 1. The Bertz CT molecular complexity index is 683. The molecule has 1 aliphatic heterocycles. The summed E-state index contributed by atoms with van der Waals surface area (Å²) in [7, 11) is 1.80. The summed E-state index contributed by atoms with van der Waals surface area (Å²) in [5.41, 5.74) is 1.15. The van der Waals surface area contributed by atoms with Crippen molar-refractivity contribution < 1.29 is 9.53 Å². The first-order chi connectivity index (χ1) is 13.6. The second-order valence-corrected chi connectivity index (χ2v) is 8.10. The lowest BCUT2D eigenvalue weighted by molar-refractivity contribution is -0.135. The van der Waals surface area contributed by atoms with Gasteiger partial charge in [-0.3, -0.25) is 9.79 Å². The van der Waals surface area contributed by atoms with Crippen LogP contribution in [0.5, 0.6) is 5.75 Å². The summed E-state index contributed by atoms with van der Waals surface area (Å²) in [5.74, 6) is 2.09. The van der Waals surface area contributed by atoms with Gasteiger partial charge < -0.3 is 20.3 Å². The van der Waals surface area contributed by atoms with E-state index in [1.165, 1.54) is 6.42 Å². The number of nitrogens with zero attached hydrogens (tertiary/aromatic N) is 2. The van der Waals surface area contributed by atoms with Gasteiger partial charge in [0.15, 0.2) is 5.96 Å². The lowest BCUT2D eigenvalue weighted by Crippen LogP contribution is -2.50. The van der Waals surface area contributed by atoms with Crippen molar-refractivity contribution in [2.45, 2.75) is 64.6 Å². The van der Waals surface area contributed by atoms with E-state index in [1.54, 1.807) is 7.05 Å². The zero-order chi connectivity index (χ0) is 19.9. The summed E-state index contributed by atoms with van der Waals surface area (Å²) in [6.45, 7) is 6.22. The van der Waals surface area contributed by atoms with E-state index in [2.05, 4.69) is 21.7 Å². The standard InChI is InChI=1S/C22H34N4O2.HI/c1-16(2)21(27)26-13-11-18(12-14-26)25-22(23-3)24-15-17-7-4-5-10-20(17)28-19-8-6-9-19;/h4-5,7,10,16,18-19H,6,8-9,11-15H2,1-3H3,(H2,23,24,25);1H. The van der Waals surface area contributed by atoms with Crippen LogP contribution < -0.4 is 15.4 Å². The van der Waals surface area contributed by atoms with Crippen molar-refractivity contribution in [3.8, 4) is 5.75 Å². The Morgan fingerprint density at radius 2 is 1.90 bits per heavy atom. The number of rotatable bonds is 6. The third kappa shape index (κ3) is 6.76. The molecule has 1 amide bonds. The normalized spacial score (nSPS) is 18.1. The fourth-order valence-corrected chi connectivity index (χ4v) is 3.61. The van der Waals surface area contributed by atoms with Gasteiger partial charge in [-0.05, 0) is 38.2 Å². The Labute approximate surface area is 191 Å². The summed E-state index contributed by atoms with van der Waals surface area (Å²) in [4.78, 5) is 18.5. The first kappa shape index (κ1) is 23.8. The molecule has 1 aromatic rings. The number of aliphatic imine (C=N–C) groups is 1. The van der Waals surface area contributed by atoms with Crippen molar-refractivity contribution in [3.63, 3.8) is 0 Å². The van der Waals surface area contributed by atoms with Crippen molar-refractivity contribution in [2.24, 2.45) is 10.9 Å². The summed E-state index contributed by atoms with van der Waals surface area (Å²) in [6, 6.07) is 8.56. The smallest absolute Gasteiger partial charge is 0.225 e. The van der Waals surface area contributed by atoms with Crippen LogP contribution in [0.25, 0.3) is 0 Å². The number of para-hydroxylation sites is 1. The average molecular weight is 514 g/mol. The topological polar surface area (TPSA) is 66.0 Å². The number of guanidine groups is 1. The zero-order valence-corrected chi connectivity index (χ0v) is 20.1. The molecule has 2 N–H and O–H groups in total. The van der Waals surface area contributed by atoms with Crippen LogP contribution >= 0.6 is 24.0 Å². The molecule has 0 bridgehead atoms. The molecule has 1 aliphatic carbocycles. The molecule has 7 heteroatoms. The number of likely N-dealkylation sites (tertiary alicyclic amines) is 1. The van der Waals surface area contributed by atoms with Crippen molar-refractivity contribution in [1.29, 1.82) is 0 Å². The number of nitrogens with one attached hydrogen (secondary N) is 2. The molecule has 1 heterocycles. The molecular weight excluding hydrogens is 479 g/mol. The van der Waals surface area contributed by atoms with Gasteiger partial charge >= 0.3 is 0 Å². The van der Waals surface area contributed by atoms with Crippen molar-refractivity contribution in [2.75, 3.05) is 20.1 Å². The maximum atomic E-state index is 12.1. The predicted molar refractivity (Wildman–Crippen MR) is 128 cm³/mol. The highest BCUT2D eigenvalue weighted by atomic mass is 127. The van der Waals surface area contributed by atoms with E-state index in [4.69, 9.17) is 4.74 Å². The molecule has 1 saturated heterocycles. The molecule has 2 fully saturated rings. The summed E-state index contributed by atoms with van der Waals surface area (Å²) in [6.07, 6.45) is 5.84. The molecule has 0 radical (unpaired) electrons. The SMILES string of the molecule is CN=C(NCc1ccccc1OC1CCC1)NC1CCN(C(=O)C(C)C)CC1.I. The van der Waals surface area contributed by atoms with Crippen molar-refractivity contribution >= 4 is 35.8 Å². The molecule has 3 rings (SSSR count). The highest BCUT2D eigenvalue weighted by Crippen LogP contribution is 2.27. The molecule has 1 saturated carbocycles. The van der Waals surface area contributed by atoms with Crippen molar-refractivity contribution in [3.05, 3.63) is 29.8 Å². The van der Waals surface area contributed by atoms with E-state index < -0.39 is 0 Å². The minimum atomic E-state index is 0. The third-order valence-electron chi connectivity index (χ3n) is 5.63. The van der Waals surface area contributed by atoms with Crippen LogP contribution in [0.15, 0.2) is 29.3 Å². The Balaban J connectivity index is 0.00000300. The first-order valence-corrected chi connectivity index (χ1v) is 10.6. The molecule has 2 aliphatic rings. The predicted octanol–water partition coefficient (Wildman–Crippen LogP) is 3.55. The Kier molecular flexibility index (Phi) is 9.52. The van der Waals surface area contributed by atoms with E-state index in [-0.39, 0.29) is 35.8 Å². The van der Waals surface area contributed by atoms with Gasteiger partial charge in [0, 0.05) is 44.2 Å². The van der Waals surface area contributed by atoms with E-state index in [0.29, 0.717) is 18.7 Å². The molecule has 0 unspecified atom stereocenters. The molecular formula is C22H35IN4O2. The lowest BCUT2D eigenvalue weighted by Gasteiger charge is -2.34. The third-order valence-corrected chi connectivity index (χ3v) is 5.63. The number of ether oxygens (including phenoxy) is 1. The van der Waals surface area contributed by atoms with Gasteiger partial charge in [-0.15, -0.1) is 24.0 Å². The monoisotopic (exact) mass is 514 g/mol. The highest BCUT2D eigenvalue weighted by molar-refractivity contribution is 14.0. The van der Waals surface area contributed by atoms with Crippen LogP contribution in [-0.4, -0.2) is 49.0 Å². The summed E-state index contributed by atoms with van der Waals surface area (Å²) >= 11 is 0. The van der Waals surface area contributed by atoms with Gasteiger partial charge in [-0.1, -0.05) is 32.0 Å². The molecule has 1 aromatic carbocycles. The second-order valence-electron chi connectivity index (χ2n) is 8.10. The fraction of sp³-hybridized carbons (Fsp3) is 0.636. The number of halogens is 1. The molecule has 0 spiro atoms. The van der Waals surface area contributed by atoms with Crippen LogP contribution in [-0.2, 0) is 11.3 Å². The number of hydrogen-bond acceptors (Lipinski definition) is 3. The average Bonchev–Trinajstić information content (AvgIpc) is 2.68. The van der Waals surface area contributed by atoms with Gasteiger partial charge in [-0.25, -0.2) is 0 Å². The largest absolute Gasteiger partial charge is 0.490 e. The van der Waals surface area contributed by atoms with Crippen LogP contribution in [0.2, 0.25) is 0 Å². The van der Waals surface area contributed by atoms with Crippen LogP contribution in [0.3, 0.4) is 0 Å². The Morgan fingerprint density at radius 3 is 2.48 bits per heavy atom. The number of hydrogen-bond donors (Lipinski definition) is 2. The number of benzene rings is 1. The van der Waals surface area contributed by atoms with Crippen LogP contribution in [0, 0.1) is 5.92 Å². The number of amides is 1. The second kappa shape index (κ2) is 11.6. The van der Waals surface area contributed by atoms with E-state index >= 15 is 0 Å². The minimum absolute atomic E-state index is 0. The lowest BCUT2D eigenvalue weighted by atomic mass is 9.96. The van der Waals surface area contributed by atoms with E-state index in [1.807, 2.05) is 36.9 Å². The first-order valence-electron chi connectivity index (χ1n) is 10.6. The minimum Gasteiger partial charge on any atom is -0.490 e. The van der Waals surface area contributed by atoms with Gasteiger partial charge in [0.1, 0.15) is 5.75 Å². The van der Waals surface area contributed by atoms with E-state index in [9.17, 15) is 4.79 Å². The maximum absolute atomic E-state index is 12.1. The van der Waals surface area contributed by atoms with Gasteiger partial charge in [-0.2, -0.15) is 0 Å². The zero-order valence-electron chi connectivity index (χ0n) is 17.8. The summed E-state index contributed by atoms with van der Waals surface area (Å²) in [5, 5.41) is 6.92. The molecule has 29 heavy (non-hydrogen) atoms. The molecule has 162 valence electrons. The van der Waals surface area contributed by atoms with Crippen molar-refractivity contribution in [1.82, 2.24) is 15.5 Å². The van der Waals surface area contributed by atoms with Gasteiger partial charge in [0.2, 0.25) is 5.91 Å². The Morgan fingerprint density at radius 1 is 1.21 bits per heavy atom. The van der Waals surface area contributed by atoms with Gasteiger partial charge in [0.05, 0.1) is 6.10 Å². The Hall–Kier alpha value is -1.51. The summed E-state index contributed by atoms with van der Waals surface area (Å²) < 4.78 is 6.11. The molecule has 0 aromatic heterocycles. The molecule has 6 nitrogen and oxygen atoms in total. The number of piperidine rings is 1. The number of carbonyl (C=O) groups excluding carboxylic acids is 1. The van der Waals surface area contributed by atoms with E-state index in [0.717, 1.165) is 56.0 Å². The molecule has 0 atom stereocenters. The van der Waals surface area contributed by atoms with Crippen LogP contribution in [0.4, 0.5) is 0 Å². The highest BCUT2D eigenvalue weighted by Gasteiger charge is 2.25. The van der Waals surface area contributed by atoms with Gasteiger partial charge in [0.25, 0.3) is 0 Å². The maximum Gasteiger partial charge on any atom is 0.225 e.